The molecule has 2 atom stereocenters. The minimum atomic E-state index is -0.788. The molecule has 0 amide bonds. The molecule has 6 aliphatic rings. The van der Waals surface area contributed by atoms with Crippen LogP contribution in [0.2, 0.25) is 23.3 Å². The van der Waals surface area contributed by atoms with Gasteiger partial charge in [-0.25, -0.2) is 0 Å². The van der Waals surface area contributed by atoms with E-state index in [1.54, 1.807) is 22.5 Å². The highest BCUT2D eigenvalue weighted by molar-refractivity contribution is 6.78. The third-order valence-electron chi connectivity index (χ3n) is 15.4. The summed E-state index contributed by atoms with van der Waals surface area (Å²) in [6, 6.07) is 22.2. The first-order chi connectivity index (χ1) is 21.5. The number of nitrogens with zero attached hydrogens (tertiary/aromatic N) is 2. The van der Waals surface area contributed by atoms with Crippen LogP contribution in [0, 0.1) is 11.8 Å². The molecule has 0 aliphatic carbocycles. The van der Waals surface area contributed by atoms with E-state index >= 15 is 0 Å². The van der Waals surface area contributed by atoms with E-state index in [2.05, 4.69) is 97.6 Å². The molecule has 2 nitrogen and oxygen atoms in total. The Morgan fingerprint density at radius 2 is 0.864 bits per heavy atom. The minimum Gasteiger partial charge on any atom is -0.367 e. The van der Waals surface area contributed by atoms with Crippen molar-refractivity contribution >= 4 is 12.6 Å². The van der Waals surface area contributed by atoms with E-state index in [1.807, 2.05) is 0 Å². The largest absolute Gasteiger partial charge is 0.367 e. The molecule has 7 heterocycles. The van der Waals surface area contributed by atoms with Crippen molar-refractivity contribution in [1.82, 2.24) is 0 Å². The Morgan fingerprint density at radius 3 is 1.20 bits per heavy atom. The number of hydrogen-bond donors (Lipinski definition) is 0. The van der Waals surface area contributed by atoms with Crippen LogP contribution in [0.3, 0.4) is 0 Å². The van der Waals surface area contributed by atoms with Crippen LogP contribution in [-0.4, -0.2) is 12.6 Å². The third-order valence-corrected chi connectivity index (χ3v) is 15.4. The summed E-state index contributed by atoms with van der Waals surface area (Å²) in [4.78, 5) is 0. The molecule has 0 unspecified atom stereocenters. The fourth-order valence-electron chi connectivity index (χ4n) is 14.7. The first kappa shape index (κ1) is 27.9. The van der Waals surface area contributed by atoms with Gasteiger partial charge in [0.25, 0.3) is 12.6 Å². The summed E-state index contributed by atoms with van der Waals surface area (Å²) in [6.45, 7) is 10.3. The van der Waals surface area contributed by atoms with Crippen LogP contribution in [0.25, 0.3) is 22.5 Å². The fraction of sp³-hybridized carbons (Fsp3) is 0.600. The van der Waals surface area contributed by atoms with Crippen LogP contribution in [0.15, 0.2) is 60.9 Å². The molecule has 230 valence electrons. The Kier molecular flexibility index (Phi) is 6.39. The Bertz CT molecular complexity index is 1450. The van der Waals surface area contributed by atoms with Gasteiger partial charge in [-0.15, -0.1) is 0 Å². The first-order valence-electron chi connectivity index (χ1n) is 19.0. The molecule has 1 aromatic heterocycles. The molecule has 0 saturated carbocycles. The van der Waals surface area contributed by atoms with Gasteiger partial charge >= 0.3 is 6.33 Å². The molecule has 44 heavy (non-hydrogen) atoms. The molecule has 2 spiro atoms. The van der Waals surface area contributed by atoms with E-state index in [1.165, 1.54) is 88.2 Å². The molecule has 4 saturated heterocycles. The molecule has 6 aliphatic heterocycles. The van der Waals surface area contributed by atoms with Gasteiger partial charge in [0.15, 0.2) is 11.4 Å². The zero-order chi connectivity index (χ0) is 29.8. The molecule has 3 aromatic rings. The van der Waals surface area contributed by atoms with Gasteiger partial charge in [-0.3, -0.25) is 0 Å². The van der Waals surface area contributed by atoms with Gasteiger partial charge in [0, 0.05) is 11.1 Å². The zero-order valence-electron chi connectivity index (χ0n) is 27.9. The van der Waals surface area contributed by atoms with Crippen LogP contribution in [0.4, 0.5) is 0 Å². The van der Waals surface area contributed by atoms with Gasteiger partial charge in [-0.05, 0) is 12.1 Å². The highest BCUT2D eigenvalue weighted by Gasteiger charge is 2.66. The molecule has 0 N–H and O–H groups in total. The normalized spacial score (nSPS) is 36.6. The predicted molar refractivity (Wildman–Crippen MR) is 186 cm³/mol. The quantitative estimate of drug-likeness (QED) is 0.265. The maximum atomic E-state index is 3.10. The number of aromatic nitrogens is 2. The van der Waals surface area contributed by atoms with Crippen molar-refractivity contribution in [3.63, 3.8) is 0 Å². The van der Waals surface area contributed by atoms with E-state index in [9.17, 15) is 0 Å². The third kappa shape index (κ3) is 3.42. The van der Waals surface area contributed by atoms with Crippen LogP contribution < -0.4 is 8.96 Å². The summed E-state index contributed by atoms with van der Waals surface area (Å²) in [5.74, 6) is 5.96. The molecular formula is C40H54B2N2. The van der Waals surface area contributed by atoms with Gasteiger partial charge in [0.05, 0.1) is 6.07 Å². The first-order valence-corrected chi connectivity index (χ1v) is 19.0. The van der Waals surface area contributed by atoms with Crippen LogP contribution >= 0.6 is 0 Å². The lowest BCUT2D eigenvalue weighted by molar-refractivity contribution is -0.685. The van der Waals surface area contributed by atoms with Gasteiger partial charge in [0.1, 0.15) is 0 Å². The fourth-order valence-corrected chi connectivity index (χ4v) is 14.7. The maximum Gasteiger partial charge on any atom is 0.300 e. The van der Waals surface area contributed by atoms with E-state index in [4.69, 9.17) is 0 Å². The van der Waals surface area contributed by atoms with E-state index in [-0.39, 0.29) is 0 Å². The van der Waals surface area contributed by atoms with Crippen molar-refractivity contribution < 1.29 is 8.96 Å². The second kappa shape index (κ2) is 10.1. The van der Waals surface area contributed by atoms with Crippen LogP contribution in [0.5, 0.6) is 0 Å². The lowest BCUT2D eigenvalue weighted by Gasteiger charge is -2.62. The second-order valence-corrected chi connectivity index (χ2v) is 17.4. The van der Waals surface area contributed by atoms with Crippen molar-refractivity contribution in [3.8, 4) is 22.5 Å². The monoisotopic (exact) mass is 584 g/mol. The van der Waals surface area contributed by atoms with Crippen molar-refractivity contribution in [2.45, 2.75) is 140 Å². The lowest BCUT2D eigenvalue weighted by Crippen LogP contribution is -2.84. The second-order valence-electron chi connectivity index (χ2n) is 17.4. The summed E-state index contributed by atoms with van der Waals surface area (Å²) < 4.78 is 6.20. The van der Waals surface area contributed by atoms with Crippen LogP contribution in [0.1, 0.15) is 128 Å². The molecular weight excluding hydrogens is 530 g/mol. The average Bonchev–Trinajstić information content (AvgIpc) is 3.00. The Hall–Kier alpha value is -2.35. The highest BCUT2D eigenvalue weighted by atomic mass is 15.1. The molecule has 0 radical (unpaired) electrons. The molecule has 9 rings (SSSR count). The van der Waals surface area contributed by atoms with Crippen molar-refractivity contribution in [3.05, 3.63) is 72.1 Å². The Balaban J connectivity index is 1.42. The standard InChI is InChI=1S/C40H54B2N2/c1-27(2)39-35-23-7-5-21-33(35)37-25-38-34-22-6-8-24-36(34)40(28(3)4)42(31-17-11-18-32(42)20-12-19-31)44(38)26-43(37)41(39)29-13-9-14-30(41)16-10-15-29/h5-8,21-32,39-40H,9-20H2,1-4H3/t29?,30?,31?,32?,39-,40+,41?,42?. The van der Waals surface area contributed by atoms with Gasteiger partial charge in [-0.1, -0.05) is 199 Å². The smallest absolute Gasteiger partial charge is 0.300 e. The zero-order valence-corrected chi connectivity index (χ0v) is 27.9. The summed E-state index contributed by atoms with van der Waals surface area (Å²) in [6.07, 6.45) is 18.6. The van der Waals surface area contributed by atoms with E-state index in [0.29, 0.717) is 23.5 Å². The van der Waals surface area contributed by atoms with Gasteiger partial charge < -0.3 is 8.96 Å². The number of fused-ring (bicyclic) bond motifs is 6. The molecule has 4 bridgehead atoms. The number of rotatable bonds is 2. The number of hydrogen-bond acceptors (Lipinski definition) is 0. The molecule has 4 heteroatoms. The topological polar surface area (TPSA) is 7.76 Å². The lowest BCUT2D eigenvalue weighted by atomic mass is 9.09. The van der Waals surface area contributed by atoms with Crippen molar-refractivity contribution in [2.24, 2.45) is 11.8 Å². The van der Waals surface area contributed by atoms with Gasteiger partial charge in [0.2, 0.25) is 0 Å². The summed E-state index contributed by atoms with van der Waals surface area (Å²) in [5, 5.41) is 0. The van der Waals surface area contributed by atoms with E-state index in [0.717, 1.165) is 23.3 Å². The summed E-state index contributed by atoms with van der Waals surface area (Å²) in [7, 11) is 0. The van der Waals surface area contributed by atoms with E-state index < -0.39 is 12.6 Å². The highest BCUT2D eigenvalue weighted by Crippen LogP contribution is 2.63. The van der Waals surface area contributed by atoms with Crippen molar-refractivity contribution in [1.29, 1.82) is 0 Å². The van der Waals surface area contributed by atoms with Crippen LogP contribution in [-0.2, 0) is 0 Å². The summed E-state index contributed by atoms with van der Waals surface area (Å²) >= 11 is 0. The van der Waals surface area contributed by atoms with Gasteiger partial charge in [-0.2, -0.15) is 0 Å². The minimum absolute atomic E-state index is 0.643. The Labute approximate surface area is 266 Å². The predicted octanol–water partition coefficient (Wildman–Crippen LogP) is 9.98. The summed E-state index contributed by atoms with van der Waals surface area (Å²) in [5.41, 5.74) is 9.49. The average molecular weight is 585 g/mol. The van der Waals surface area contributed by atoms with Crippen molar-refractivity contribution in [2.75, 3.05) is 0 Å². The molecule has 4 fully saturated rings. The SMILES string of the molecule is CC(C)[C@H]1c2ccccc2-c2cc3[n+](c[n+]2[B-]12C1CCCC2CCC1)[B-]1(C2CCCC1CCC2)[C@H](C(C)C)c1ccccc1-3. The molecule has 2 aromatic carbocycles. The maximum absolute atomic E-state index is 3.10. The number of benzene rings is 2. The Morgan fingerprint density at radius 1 is 0.523 bits per heavy atom.